The molecular formula is C10H12N2O6S. The van der Waals surface area contributed by atoms with Crippen molar-refractivity contribution in [2.75, 3.05) is 13.7 Å². The summed E-state index contributed by atoms with van der Waals surface area (Å²) in [5.41, 5.74) is 0.168. The number of methoxy groups -OCH3 is 1. The molecule has 1 aromatic heterocycles. The molecule has 0 fully saturated rings. The third-order valence-electron chi connectivity index (χ3n) is 2.25. The van der Waals surface area contributed by atoms with Gasteiger partial charge in [-0.3, -0.25) is 19.7 Å². The summed E-state index contributed by atoms with van der Waals surface area (Å²) < 4.78 is 4.89. The summed E-state index contributed by atoms with van der Waals surface area (Å²) in [6.07, 6.45) is -0.879. The van der Waals surface area contributed by atoms with Crippen LogP contribution < -0.4 is 5.32 Å². The number of carboxylic acids is 1. The summed E-state index contributed by atoms with van der Waals surface area (Å²) in [4.78, 5) is 32.0. The van der Waals surface area contributed by atoms with E-state index in [4.69, 9.17) is 9.84 Å². The van der Waals surface area contributed by atoms with Crippen LogP contribution in [0.4, 0.5) is 5.00 Å². The van der Waals surface area contributed by atoms with E-state index >= 15 is 0 Å². The van der Waals surface area contributed by atoms with Crippen LogP contribution in [0.15, 0.2) is 11.4 Å². The Hall–Kier alpha value is -2.00. The number of carboxylic acid groups (broad SMARTS) is 1. The van der Waals surface area contributed by atoms with Crippen LogP contribution in [-0.4, -0.2) is 41.7 Å². The molecule has 0 bridgehead atoms. The largest absolute Gasteiger partial charge is 0.481 e. The summed E-state index contributed by atoms with van der Waals surface area (Å²) in [7, 11) is 1.34. The monoisotopic (exact) mass is 288 g/mol. The quantitative estimate of drug-likeness (QED) is 0.567. The van der Waals surface area contributed by atoms with E-state index in [1.165, 1.54) is 18.6 Å². The van der Waals surface area contributed by atoms with Crippen molar-refractivity contribution in [2.24, 2.45) is 0 Å². The highest BCUT2D eigenvalue weighted by Gasteiger charge is 2.17. The first-order chi connectivity index (χ1) is 8.93. The fourth-order valence-electron chi connectivity index (χ4n) is 1.28. The van der Waals surface area contributed by atoms with E-state index in [2.05, 4.69) is 5.32 Å². The number of carbonyl (C=O) groups is 2. The van der Waals surface area contributed by atoms with Gasteiger partial charge in [0.1, 0.15) is 0 Å². The van der Waals surface area contributed by atoms with E-state index in [1.807, 2.05) is 0 Å². The van der Waals surface area contributed by atoms with Gasteiger partial charge in [0.25, 0.3) is 5.91 Å². The molecule has 1 heterocycles. The molecule has 1 amide bonds. The number of ether oxygens (including phenoxy) is 1. The topological polar surface area (TPSA) is 119 Å². The van der Waals surface area contributed by atoms with Gasteiger partial charge >= 0.3 is 11.0 Å². The lowest BCUT2D eigenvalue weighted by Gasteiger charge is -2.13. The molecular weight excluding hydrogens is 276 g/mol. The van der Waals surface area contributed by atoms with Gasteiger partial charge < -0.3 is 15.2 Å². The first-order valence-corrected chi connectivity index (χ1v) is 6.07. The SMILES string of the molecule is COC(CNC(=O)c1csc([N+](=O)[O-])c1)CC(=O)O. The molecule has 1 rings (SSSR count). The Labute approximate surface area is 112 Å². The standard InChI is InChI=1S/C10H12N2O6S/c1-18-7(3-9(13)14)4-11-10(15)6-2-8(12(16)17)19-5-6/h2,5,7H,3-4H2,1H3,(H,11,15)(H,13,14). The summed E-state index contributed by atoms with van der Waals surface area (Å²) in [5, 5.41) is 22.8. The van der Waals surface area contributed by atoms with E-state index in [9.17, 15) is 19.7 Å². The average molecular weight is 288 g/mol. The highest BCUT2D eigenvalue weighted by atomic mass is 32.1. The predicted molar refractivity (Wildman–Crippen MR) is 66.4 cm³/mol. The number of hydrogen-bond acceptors (Lipinski definition) is 6. The van der Waals surface area contributed by atoms with Gasteiger partial charge in [-0.25, -0.2) is 0 Å². The molecule has 2 N–H and O–H groups in total. The average Bonchev–Trinajstić information content (AvgIpc) is 2.83. The fraction of sp³-hybridized carbons (Fsp3) is 0.400. The number of aliphatic carboxylic acids is 1. The summed E-state index contributed by atoms with van der Waals surface area (Å²) in [6.45, 7) is 0.0191. The van der Waals surface area contributed by atoms with Gasteiger partial charge in [-0.05, 0) is 0 Å². The van der Waals surface area contributed by atoms with E-state index in [0.29, 0.717) is 0 Å². The number of nitro groups is 1. The number of nitrogens with zero attached hydrogens (tertiary/aromatic N) is 1. The lowest BCUT2D eigenvalue weighted by atomic mass is 10.2. The second-order valence-corrected chi connectivity index (χ2v) is 4.49. The Morgan fingerprint density at radius 2 is 2.32 bits per heavy atom. The zero-order valence-electron chi connectivity index (χ0n) is 9.99. The van der Waals surface area contributed by atoms with Gasteiger partial charge in [0, 0.05) is 25.1 Å². The number of amides is 1. The lowest BCUT2D eigenvalue weighted by molar-refractivity contribution is -0.380. The molecule has 0 saturated heterocycles. The second-order valence-electron chi connectivity index (χ2n) is 3.60. The van der Waals surface area contributed by atoms with Crippen molar-refractivity contribution in [2.45, 2.75) is 12.5 Å². The van der Waals surface area contributed by atoms with Crippen LogP contribution in [0.5, 0.6) is 0 Å². The van der Waals surface area contributed by atoms with Crippen LogP contribution in [-0.2, 0) is 9.53 Å². The number of carbonyl (C=O) groups excluding carboxylic acids is 1. The van der Waals surface area contributed by atoms with Crippen LogP contribution in [0, 0.1) is 10.1 Å². The van der Waals surface area contributed by atoms with Gasteiger partial charge in [-0.2, -0.15) is 0 Å². The van der Waals surface area contributed by atoms with Crippen molar-refractivity contribution in [3.8, 4) is 0 Å². The summed E-state index contributed by atoms with van der Waals surface area (Å²) >= 11 is 0.851. The van der Waals surface area contributed by atoms with Gasteiger partial charge in [-0.1, -0.05) is 11.3 Å². The highest BCUT2D eigenvalue weighted by Crippen LogP contribution is 2.22. The van der Waals surface area contributed by atoms with E-state index in [-0.39, 0.29) is 23.5 Å². The number of nitrogens with one attached hydrogen (secondary N) is 1. The molecule has 0 aliphatic rings. The van der Waals surface area contributed by atoms with Crippen LogP contribution in [0.25, 0.3) is 0 Å². The van der Waals surface area contributed by atoms with Crippen molar-refractivity contribution in [3.63, 3.8) is 0 Å². The van der Waals surface area contributed by atoms with E-state index in [0.717, 1.165) is 11.3 Å². The Morgan fingerprint density at radius 1 is 1.63 bits per heavy atom. The molecule has 0 aromatic carbocycles. The molecule has 1 aromatic rings. The molecule has 0 saturated carbocycles. The molecule has 0 aliphatic carbocycles. The number of rotatable bonds is 7. The van der Waals surface area contributed by atoms with Crippen LogP contribution in [0.2, 0.25) is 0 Å². The predicted octanol–water partition coefficient (Wildman–Crippen LogP) is 0.876. The van der Waals surface area contributed by atoms with Crippen molar-refractivity contribution in [1.29, 1.82) is 0 Å². The van der Waals surface area contributed by atoms with Gasteiger partial charge in [0.2, 0.25) is 0 Å². The van der Waals surface area contributed by atoms with Crippen LogP contribution in [0.1, 0.15) is 16.8 Å². The maximum atomic E-state index is 11.7. The van der Waals surface area contributed by atoms with E-state index in [1.54, 1.807) is 0 Å². The van der Waals surface area contributed by atoms with Crippen molar-refractivity contribution in [1.82, 2.24) is 5.32 Å². The Kier molecular flexibility index (Phi) is 5.39. The molecule has 0 spiro atoms. The van der Waals surface area contributed by atoms with Crippen LogP contribution >= 0.6 is 11.3 Å². The molecule has 8 nitrogen and oxygen atoms in total. The lowest BCUT2D eigenvalue weighted by Crippen LogP contribution is -2.34. The van der Waals surface area contributed by atoms with Gasteiger partial charge in [0.05, 0.1) is 23.0 Å². The Bertz CT molecular complexity index is 486. The molecule has 0 aliphatic heterocycles. The molecule has 9 heteroatoms. The second kappa shape index (κ2) is 6.81. The molecule has 19 heavy (non-hydrogen) atoms. The first-order valence-electron chi connectivity index (χ1n) is 5.19. The minimum atomic E-state index is -1.03. The molecule has 1 unspecified atom stereocenters. The number of thiophene rings is 1. The Morgan fingerprint density at radius 3 is 2.79 bits per heavy atom. The highest BCUT2D eigenvalue weighted by molar-refractivity contribution is 7.13. The maximum Gasteiger partial charge on any atom is 0.324 e. The van der Waals surface area contributed by atoms with Gasteiger partial charge in [-0.15, -0.1) is 0 Å². The minimum absolute atomic E-state index is 0.0191. The fourth-order valence-corrected chi connectivity index (χ4v) is 1.99. The van der Waals surface area contributed by atoms with E-state index < -0.39 is 22.9 Å². The molecule has 1 atom stereocenters. The normalized spacial score (nSPS) is 11.8. The molecule has 0 radical (unpaired) electrons. The smallest absolute Gasteiger partial charge is 0.324 e. The third-order valence-corrected chi connectivity index (χ3v) is 3.13. The number of hydrogen-bond donors (Lipinski definition) is 2. The zero-order chi connectivity index (χ0) is 14.4. The Balaban J connectivity index is 2.54. The summed E-state index contributed by atoms with van der Waals surface area (Å²) in [6, 6.07) is 1.17. The van der Waals surface area contributed by atoms with Crippen LogP contribution in [0.3, 0.4) is 0 Å². The first kappa shape index (κ1) is 15.1. The van der Waals surface area contributed by atoms with Crippen molar-refractivity contribution >= 4 is 28.2 Å². The molecule has 104 valence electrons. The van der Waals surface area contributed by atoms with Crippen molar-refractivity contribution in [3.05, 3.63) is 27.1 Å². The summed E-state index contributed by atoms with van der Waals surface area (Å²) in [5.74, 6) is -1.54. The van der Waals surface area contributed by atoms with Gasteiger partial charge in [0.15, 0.2) is 0 Å². The van der Waals surface area contributed by atoms with Crippen molar-refractivity contribution < 1.29 is 24.4 Å². The third kappa shape index (κ3) is 4.64. The maximum absolute atomic E-state index is 11.7. The minimum Gasteiger partial charge on any atom is -0.481 e. The zero-order valence-corrected chi connectivity index (χ0v) is 10.8.